The highest BCUT2D eigenvalue weighted by Crippen LogP contribution is 2.35. The Labute approximate surface area is 203 Å². The summed E-state index contributed by atoms with van der Waals surface area (Å²) >= 11 is 3.06. The fourth-order valence-electron chi connectivity index (χ4n) is 5.32. The molecule has 2 aromatic heterocycles. The van der Waals surface area contributed by atoms with Crippen LogP contribution in [0.2, 0.25) is 0 Å². The highest BCUT2D eigenvalue weighted by molar-refractivity contribution is 7.99. The van der Waals surface area contributed by atoms with Gasteiger partial charge >= 0.3 is 0 Å². The largest absolute Gasteiger partial charge is 0.337 e. The van der Waals surface area contributed by atoms with Gasteiger partial charge in [-0.3, -0.25) is 14.2 Å². The van der Waals surface area contributed by atoms with Crippen molar-refractivity contribution in [3.8, 4) is 5.69 Å². The number of amides is 1. The minimum absolute atomic E-state index is 0.00193. The van der Waals surface area contributed by atoms with Crippen LogP contribution in [0.4, 0.5) is 0 Å². The molecule has 5 nitrogen and oxygen atoms in total. The maximum atomic E-state index is 13.8. The maximum absolute atomic E-state index is 13.8. The number of benzene rings is 1. The van der Waals surface area contributed by atoms with Crippen LogP contribution in [-0.2, 0) is 17.6 Å². The van der Waals surface area contributed by atoms with Crippen LogP contribution < -0.4 is 5.56 Å². The number of likely N-dealkylation sites (tertiary alicyclic amines) is 1. The highest BCUT2D eigenvalue weighted by Gasteiger charge is 2.29. The molecule has 7 heteroatoms. The fourth-order valence-corrected chi connectivity index (χ4v) is 7.50. The summed E-state index contributed by atoms with van der Waals surface area (Å²) < 4.78 is 1.73. The van der Waals surface area contributed by atoms with E-state index in [9.17, 15) is 9.59 Å². The van der Waals surface area contributed by atoms with Gasteiger partial charge in [0.2, 0.25) is 5.91 Å². The molecule has 3 aromatic rings. The van der Waals surface area contributed by atoms with Crippen molar-refractivity contribution in [3.05, 3.63) is 50.6 Å². The third kappa shape index (κ3) is 4.26. The normalized spacial score (nSPS) is 20.8. The quantitative estimate of drug-likeness (QED) is 0.364. The predicted octanol–water partition coefficient (Wildman–Crippen LogP) is 5.52. The second-order valence-corrected chi connectivity index (χ2v) is 11.5. The molecule has 0 N–H and O–H groups in total. The zero-order chi connectivity index (χ0) is 23.1. The molecule has 0 bridgehead atoms. The van der Waals surface area contributed by atoms with Crippen molar-refractivity contribution in [1.29, 1.82) is 0 Å². The van der Waals surface area contributed by atoms with Gasteiger partial charge in [0, 0.05) is 17.0 Å². The Morgan fingerprint density at radius 3 is 2.52 bits per heavy atom. The first kappa shape index (κ1) is 22.7. The first-order valence-electron chi connectivity index (χ1n) is 12.0. The molecule has 0 saturated carbocycles. The van der Waals surface area contributed by atoms with Crippen molar-refractivity contribution in [3.63, 3.8) is 0 Å². The predicted molar refractivity (Wildman–Crippen MR) is 137 cm³/mol. The Kier molecular flexibility index (Phi) is 6.36. The first-order chi connectivity index (χ1) is 15.9. The number of carbonyl (C=O) groups is 1. The number of nitrogens with zero attached hydrogens (tertiary/aromatic N) is 3. The highest BCUT2D eigenvalue weighted by atomic mass is 32.2. The molecule has 1 aliphatic heterocycles. The van der Waals surface area contributed by atoms with Gasteiger partial charge in [0.25, 0.3) is 5.56 Å². The van der Waals surface area contributed by atoms with Gasteiger partial charge < -0.3 is 4.90 Å². The van der Waals surface area contributed by atoms with Crippen LogP contribution in [0.3, 0.4) is 0 Å². The summed E-state index contributed by atoms with van der Waals surface area (Å²) in [4.78, 5) is 36.2. The van der Waals surface area contributed by atoms with E-state index in [-0.39, 0.29) is 23.6 Å². The van der Waals surface area contributed by atoms with E-state index < -0.39 is 0 Å². The number of thioether (sulfide) groups is 1. The number of fused-ring (bicyclic) bond motifs is 3. The lowest BCUT2D eigenvalue weighted by Crippen LogP contribution is -2.48. The van der Waals surface area contributed by atoms with Crippen molar-refractivity contribution in [2.75, 3.05) is 5.75 Å². The van der Waals surface area contributed by atoms with Crippen LogP contribution in [-0.4, -0.2) is 38.2 Å². The molecule has 2 unspecified atom stereocenters. The van der Waals surface area contributed by atoms with E-state index in [0.717, 1.165) is 53.6 Å². The number of hydrogen-bond acceptors (Lipinski definition) is 5. The molecule has 174 valence electrons. The molecule has 5 rings (SSSR count). The molecular formula is C26H31N3O2S2. The van der Waals surface area contributed by atoms with Gasteiger partial charge in [-0.05, 0) is 83.4 Å². The van der Waals surface area contributed by atoms with Crippen LogP contribution in [0.5, 0.6) is 0 Å². The van der Waals surface area contributed by atoms with Gasteiger partial charge in [-0.15, -0.1) is 11.3 Å². The van der Waals surface area contributed by atoms with E-state index >= 15 is 0 Å². The molecule has 0 spiro atoms. The summed E-state index contributed by atoms with van der Waals surface area (Å²) in [6, 6.07) is 8.52. The molecule has 1 aliphatic carbocycles. The van der Waals surface area contributed by atoms with Crippen LogP contribution in [0, 0.1) is 6.92 Å². The van der Waals surface area contributed by atoms with Crippen LogP contribution in [0.15, 0.2) is 34.2 Å². The van der Waals surface area contributed by atoms with Crippen LogP contribution >= 0.6 is 23.1 Å². The molecule has 1 aromatic carbocycles. The average Bonchev–Trinajstić information content (AvgIpc) is 3.17. The van der Waals surface area contributed by atoms with Crippen LogP contribution in [0.25, 0.3) is 15.9 Å². The Balaban J connectivity index is 1.55. The molecule has 3 heterocycles. The summed E-state index contributed by atoms with van der Waals surface area (Å²) in [5.41, 5.74) is 3.15. The number of thiophene rings is 1. The standard InChI is InChI=1S/C26H31N3O2S2/c1-16-11-13-19(14-12-16)29-25(31)23-20-9-4-5-10-21(20)33-24(23)27-26(29)32-15-22(30)28-17(2)7-6-8-18(28)3/h11-14,17-18H,4-10,15H2,1-3H3. The minimum atomic E-state index is -0.00193. The van der Waals surface area contributed by atoms with Crippen molar-refractivity contribution in [1.82, 2.24) is 14.5 Å². The second-order valence-electron chi connectivity index (χ2n) is 9.48. The van der Waals surface area contributed by atoms with E-state index in [1.807, 2.05) is 36.1 Å². The number of hydrogen-bond donors (Lipinski definition) is 0. The Morgan fingerprint density at radius 1 is 1.09 bits per heavy atom. The molecule has 0 radical (unpaired) electrons. The zero-order valence-electron chi connectivity index (χ0n) is 19.6. The molecular weight excluding hydrogens is 450 g/mol. The Morgan fingerprint density at radius 2 is 1.79 bits per heavy atom. The van der Waals surface area contributed by atoms with Gasteiger partial charge in [0.15, 0.2) is 5.16 Å². The number of aryl methyl sites for hydroxylation is 3. The fraction of sp³-hybridized carbons (Fsp3) is 0.500. The molecule has 33 heavy (non-hydrogen) atoms. The van der Waals surface area contributed by atoms with Gasteiger partial charge in [-0.25, -0.2) is 4.98 Å². The summed E-state index contributed by atoms with van der Waals surface area (Å²) in [7, 11) is 0. The van der Waals surface area contributed by atoms with E-state index in [4.69, 9.17) is 4.98 Å². The van der Waals surface area contributed by atoms with E-state index in [0.29, 0.717) is 10.9 Å². The SMILES string of the molecule is Cc1ccc(-n2c(SCC(=O)N3C(C)CCCC3C)nc3sc4c(c3c2=O)CCCC4)cc1. The van der Waals surface area contributed by atoms with Gasteiger partial charge in [0.1, 0.15) is 4.83 Å². The number of aromatic nitrogens is 2. The van der Waals surface area contributed by atoms with Gasteiger partial charge in [-0.2, -0.15) is 0 Å². The van der Waals surface area contributed by atoms with Crippen molar-refractivity contribution in [2.24, 2.45) is 0 Å². The number of carbonyl (C=O) groups excluding carboxylic acids is 1. The number of rotatable bonds is 4. The smallest absolute Gasteiger partial charge is 0.267 e. The topological polar surface area (TPSA) is 55.2 Å². The lowest BCUT2D eigenvalue weighted by Gasteiger charge is -2.39. The lowest BCUT2D eigenvalue weighted by atomic mass is 9.97. The summed E-state index contributed by atoms with van der Waals surface area (Å²) in [5, 5.41) is 1.39. The molecule has 1 saturated heterocycles. The third-order valence-corrected chi connectivity index (χ3v) is 9.17. The summed E-state index contributed by atoms with van der Waals surface area (Å²) in [6.07, 6.45) is 7.57. The van der Waals surface area contributed by atoms with Gasteiger partial charge in [-0.1, -0.05) is 29.5 Å². The monoisotopic (exact) mass is 481 g/mol. The van der Waals surface area contributed by atoms with E-state index in [2.05, 4.69) is 13.8 Å². The summed E-state index contributed by atoms with van der Waals surface area (Å²) in [6.45, 7) is 6.32. The van der Waals surface area contributed by atoms with E-state index in [1.165, 1.54) is 35.0 Å². The molecule has 2 aliphatic rings. The maximum Gasteiger partial charge on any atom is 0.267 e. The first-order valence-corrected chi connectivity index (χ1v) is 13.8. The van der Waals surface area contributed by atoms with Crippen molar-refractivity contribution < 1.29 is 4.79 Å². The van der Waals surface area contributed by atoms with Crippen molar-refractivity contribution >= 4 is 39.2 Å². The third-order valence-electron chi connectivity index (χ3n) is 7.06. The molecule has 1 amide bonds. The summed E-state index contributed by atoms with van der Waals surface area (Å²) in [5.74, 6) is 0.429. The van der Waals surface area contributed by atoms with Gasteiger partial charge in [0.05, 0.1) is 16.8 Å². The van der Waals surface area contributed by atoms with Crippen molar-refractivity contribution in [2.45, 2.75) is 83.0 Å². The Hall–Kier alpha value is -2.12. The number of piperidine rings is 1. The molecule has 1 fully saturated rings. The van der Waals surface area contributed by atoms with Crippen LogP contribution in [0.1, 0.15) is 62.0 Å². The lowest BCUT2D eigenvalue weighted by molar-refractivity contribution is -0.134. The second kappa shape index (κ2) is 9.26. The minimum Gasteiger partial charge on any atom is -0.337 e. The Bertz CT molecular complexity index is 1240. The zero-order valence-corrected chi connectivity index (χ0v) is 21.2. The van der Waals surface area contributed by atoms with E-state index in [1.54, 1.807) is 15.9 Å². The average molecular weight is 482 g/mol. The molecule has 2 atom stereocenters.